The first-order valence-corrected chi connectivity index (χ1v) is 5.29. The lowest BCUT2D eigenvalue weighted by atomic mass is 10.1. The predicted molar refractivity (Wildman–Crippen MR) is 61.1 cm³/mol. The zero-order chi connectivity index (χ0) is 12.7. The first-order chi connectivity index (χ1) is 8.11. The number of aliphatic hydroxyl groups is 1. The van der Waals surface area contributed by atoms with Crippen LogP contribution in [0.15, 0.2) is 24.3 Å². The lowest BCUT2D eigenvalue weighted by Crippen LogP contribution is -2.23. The van der Waals surface area contributed by atoms with E-state index in [1.165, 1.54) is 0 Å². The first-order valence-electron chi connectivity index (χ1n) is 5.29. The van der Waals surface area contributed by atoms with Gasteiger partial charge >= 0.3 is 5.97 Å². The number of aliphatic hydroxyl groups excluding tert-OH is 1. The van der Waals surface area contributed by atoms with E-state index in [4.69, 9.17) is 10.2 Å². The van der Waals surface area contributed by atoms with Gasteiger partial charge in [0.15, 0.2) is 0 Å². The Kier molecular flexibility index (Phi) is 5.16. The van der Waals surface area contributed by atoms with E-state index in [2.05, 4.69) is 5.32 Å². The van der Waals surface area contributed by atoms with E-state index < -0.39 is 5.97 Å². The van der Waals surface area contributed by atoms with Crippen LogP contribution in [0, 0.1) is 0 Å². The van der Waals surface area contributed by atoms with Crippen LogP contribution >= 0.6 is 0 Å². The van der Waals surface area contributed by atoms with Crippen LogP contribution in [0.4, 0.5) is 0 Å². The molecule has 0 bridgehead atoms. The van der Waals surface area contributed by atoms with E-state index in [1.54, 1.807) is 12.1 Å². The number of aliphatic carboxylic acids is 1. The van der Waals surface area contributed by atoms with Crippen molar-refractivity contribution in [2.24, 2.45) is 0 Å². The maximum Gasteiger partial charge on any atom is 0.303 e. The highest BCUT2D eigenvalue weighted by molar-refractivity contribution is 5.80. The lowest BCUT2D eigenvalue weighted by Gasteiger charge is -2.05. The number of nitrogens with one attached hydrogen (secondary N) is 1. The summed E-state index contributed by atoms with van der Waals surface area (Å²) in [5.41, 5.74) is 1.72. The van der Waals surface area contributed by atoms with Crippen molar-refractivity contribution in [3.05, 3.63) is 35.4 Å². The number of carbonyl (C=O) groups is 2. The zero-order valence-corrected chi connectivity index (χ0v) is 9.35. The number of benzene rings is 1. The Morgan fingerprint density at radius 2 is 1.65 bits per heavy atom. The highest BCUT2D eigenvalue weighted by Gasteiger charge is 2.04. The summed E-state index contributed by atoms with van der Waals surface area (Å²) < 4.78 is 0. The molecule has 0 aliphatic carbocycles. The van der Waals surface area contributed by atoms with Crippen molar-refractivity contribution < 1.29 is 19.8 Å². The molecule has 1 amide bonds. The Balaban J connectivity index is 2.34. The molecule has 0 heterocycles. The molecule has 1 aromatic carbocycles. The van der Waals surface area contributed by atoms with Crippen molar-refractivity contribution in [3.8, 4) is 0 Å². The van der Waals surface area contributed by atoms with Crippen molar-refractivity contribution in [3.63, 3.8) is 0 Å². The Morgan fingerprint density at radius 1 is 1.06 bits per heavy atom. The van der Waals surface area contributed by atoms with Gasteiger partial charge in [-0.1, -0.05) is 24.3 Å². The van der Waals surface area contributed by atoms with Gasteiger partial charge in [0.25, 0.3) is 0 Å². The largest absolute Gasteiger partial charge is 0.481 e. The van der Waals surface area contributed by atoms with Gasteiger partial charge in [0, 0.05) is 13.0 Å². The summed E-state index contributed by atoms with van der Waals surface area (Å²) >= 11 is 0. The van der Waals surface area contributed by atoms with Crippen LogP contribution < -0.4 is 5.32 Å². The van der Waals surface area contributed by atoms with Gasteiger partial charge < -0.3 is 15.5 Å². The van der Waals surface area contributed by atoms with Gasteiger partial charge in [-0.25, -0.2) is 0 Å². The SMILES string of the molecule is O=C(O)CCC(=O)NCc1ccc(CO)cc1. The van der Waals surface area contributed by atoms with E-state index in [0.29, 0.717) is 6.54 Å². The minimum atomic E-state index is -0.979. The van der Waals surface area contributed by atoms with Gasteiger partial charge in [0.05, 0.1) is 13.0 Å². The van der Waals surface area contributed by atoms with Gasteiger partial charge in [-0.15, -0.1) is 0 Å². The second-order valence-electron chi connectivity index (χ2n) is 3.65. The van der Waals surface area contributed by atoms with Crippen LogP contribution in [0.1, 0.15) is 24.0 Å². The number of carboxylic acids is 1. The lowest BCUT2D eigenvalue weighted by molar-refractivity contribution is -0.138. The molecule has 0 aliphatic rings. The quantitative estimate of drug-likeness (QED) is 0.678. The van der Waals surface area contributed by atoms with Crippen molar-refractivity contribution in [1.82, 2.24) is 5.32 Å². The fraction of sp³-hybridized carbons (Fsp3) is 0.333. The molecular weight excluding hydrogens is 222 g/mol. The van der Waals surface area contributed by atoms with E-state index in [1.807, 2.05) is 12.1 Å². The summed E-state index contributed by atoms with van der Waals surface area (Å²) in [5, 5.41) is 19.9. The van der Waals surface area contributed by atoms with Crippen LogP contribution in [-0.4, -0.2) is 22.1 Å². The van der Waals surface area contributed by atoms with Crippen molar-refractivity contribution >= 4 is 11.9 Å². The molecule has 1 aromatic rings. The average molecular weight is 237 g/mol. The maximum atomic E-state index is 11.2. The van der Waals surface area contributed by atoms with Gasteiger partial charge in [-0.3, -0.25) is 9.59 Å². The van der Waals surface area contributed by atoms with E-state index in [0.717, 1.165) is 11.1 Å². The standard InChI is InChI=1S/C12H15NO4/c14-8-10-3-1-9(2-4-10)7-13-11(15)5-6-12(16)17/h1-4,14H,5-8H2,(H,13,15)(H,16,17). The molecule has 0 atom stereocenters. The molecule has 5 heteroatoms. The number of carbonyl (C=O) groups excluding carboxylic acids is 1. The molecule has 0 aromatic heterocycles. The number of amides is 1. The van der Waals surface area contributed by atoms with Crippen LogP contribution in [-0.2, 0) is 22.7 Å². The third-order valence-corrected chi connectivity index (χ3v) is 2.26. The van der Waals surface area contributed by atoms with E-state index in [9.17, 15) is 9.59 Å². The summed E-state index contributed by atoms with van der Waals surface area (Å²) in [6, 6.07) is 7.17. The summed E-state index contributed by atoms with van der Waals surface area (Å²) in [7, 11) is 0. The Hall–Kier alpha value is -1.88. The molecule has 92 valence electrons. The molecule has 0 radical (unpaired) electrons. The molecule has 0 aliphatic heterocycles. The van der Waals surface area contributed by atoms with Gasteiger partial charge in [-0.05, 0) is 11.1 Å². The van der Waals surface area contributed by atoms with Crippen LogP contribution in [0.25, 0.3) is 0 Å². The normalized spacial score (nSPS) is 9.94. The topological polar surface area (TPSA) is 86.6 Å². The molecule has 0 saturated carbocycles. The smallest absolute Gasteiger partial charge is 0.303 e. The number of hydrogen-bond acceptors (Lipinski definition) is 3. The number of rotatable bonds is 6. The molecule has 3 N–H and O–H groups in total. The second-order valence-corrected chi connectivity index (χ2v) is 3.65. The minimum Gasteiger partial charge on any atom is -0.481 e. The third kappa shape index (κ3) is 5.12. The molecule has 0 saturated heterocycles. The van der Waals surface area contributed by atoms with E-state index >= 15 is 0 Å². The highest BCUT2D eigenvalue weighted by atomic mass is 16.4. The highest BCUT2D eigenvalue weighted by Crippen LogP contribution is 2.04. The van der Waals surface area contributed by atoms with Gasteiger partial charge in [0.2, 0.25) is 5.91 Å². The Labute approximate surface area is 99.1 Å². The van der Waals surface area contributed by atoms with E-state index in [-0.39, 0.29) is 25.4 Å². The zero-order valence-electron chi connectivity index (χ0n) is 9.35. The summed E-state index contributed by atoms with van der Waals surface area (Å²) in [6.45, 7) is 0.357. The van der Waals surface area contributed by atoms with Crippen LogP contribution in [0.2, 0.25) is 0 Å². The minimum absolute atomic E-state index is 0.00868. The van der Waals surface area contributed by atoms with Crippen molar-refractivity contribution in [2.75, 3.05) is 0 Å². The molecular formula is C12H15NO4. The molecule has 0 spiro atoms. The number of carboxylic acid groups (broad SMARTS) is 1. The second kappa shape index (κ2) is 6.65. The van der Waals surface area contributed by atoms with Crippen molar-refractivity contribution in [2.45, 2.75) is 26.0 Å². The monoisotopic (exact) mass is 237 g/mol. The molecule has 0 unspecified atom stereocenters. The fourth-order valence-corrected chi connectivity index (χ4v) is 1.27. The van der Waals surface area contributed by atoms with Crippen LogP contribution in [0.3, 0.4) is 0 Å². The molecule has 0 fully saturated rings. The molecule has 17 heavy (non-hydrogen) atoms. The number of hydrogen-bond donors (Lipinski definition) is 3. The third-order valence-electron chi connectivity index (χ3n) is 2.26. The molecule has 1 rings (SSSR count). The fourth-order valence-electron chi connectivity index (χ4n) is 1.27. The average Bonchev–Trinajstić information content (AvgIpc) is 2.34. The maximum absolute atomic E-state index is 11.2. The predicted octanol–water partition coefficient (Wildman–Crippen LogP) is 0.660. The van der Waals surface area contributed by atoms with Crippen molar-refractivity contribution in [1.29, 1.82) is 0 Å². The summed E-state index contributed by atoms with van der Waals surface area (Å²) in [4.78, 5) is 21.5. The Morgan fingerprint density at radius 3 is 2.18 bits per heavy atom. The van der Waals surface area contributed by atoms with Gasteiger partial charge in [-0.2, -0.15) is 0 Å². The summed E-state index contributed by atoms with van der Waals surface area (Å²) in [6.07, 6.45) is -0.167. The summed E-state index contributed by atoms with van der Waals surface area (Å²) in [5.74, 6) is -1.26. The first kappa shape index (κ1) is 13.2. The molecule has 5 nitrogen and oxygen atoms in total. The van der Waals surface area contributed by atoms with Gasteiger partial charge in [0.1, 0.15) is 0 Å². The van der Waals surface area contributed by atoms with Crippen LogP contribution in [0.5, 0.6) is 0 Å². The Bertz CT molecular complexity index is 386.